The van der Waals surface area contributed by atoms with E-state index in [2.05, 4.69) is 5.32 Å². The Labute approximate surface area is 101 Å². The maximum absolute atomic E-state index is 11.0. The minimum absolute atomic E-state index is 0.233. The van der Waals surface area contributed by atoms with Gasteiger partial charge in [0.2, 0.25) is 5.91 Å². The van der Waals surface area contributed by atoms with Gasteiger partial charge in [-0.25, -0.2) is 0 Å². The maximum atomic E-state index is 11.0. The van der Waals surface area contributed by atoms with Crippen molar-refractivity contribution in [2.24, 2.45) is 0 Å². The number of rotatable bonds is 3. The SMILES string of the molecule is O=C(CI)Nc1cccc(S(=O)(=O)O)c1. The Morgan fingerprint density at radius 1 is 1.47 bits per heavy atom. The van der Waals surface area contributed by atoms with E-state index in [-0.39, 0.29) is 15.2 Å². The van der Waals surface area contributed by atoms with Crippen LogP contribution in [0.2, 0.25) is 0 Å². The molecule has 82 valence electrons. The zero-order chi connectivity index (χ0) is 11.5. The summed E-state index contributed by atoms with van der Waals surface area (Å²) < 4.78 is 30.6. The molecule has 0 atom stereocenters. The van der Waals surface area contributed by atoms with Gasteiger partial charge < -0.3 is 5.32 Å². The molecule has 2 N–H and O–H groups in total. The lowest BCUT2D eigenvalue weighted by Crippen LogP contribution is -2.12. The third kappa shape index (κ3) is 3.76. The second-order valence-electron chi connectivity index (χ2n) is 2.68. The molecule has 1 aromatic rings. The second kappa shape index (κ2) is 4.90. The summed E-state index contributed by atoms with van der Waals surface area (Å²) in [6.45, 7) is 0. The molecule has 0 radical (unpaired) electrons. The first-order chi connectivity index (χ1) is 6.93. The molecule has 0 heterocycles. The highest BCUT2D eigenvalue weighted by Crippen LogP contribution is 2.14. The minimum atomic E-state index is -4.22. The maximum Gasteiger partial charge on any atom is 0.294 e. The lowest BCUT2D eigenvalue weighted by atomic mass is 10.3. The topological polar surface area (TPSA) is 83.5 Å². The van der Waals surface area contributed by atoms with Crippen LogP contribution in [0.5, 0.6) is 0 Å². The molecule has 1 rings (SSSR count). The number of halogens is 1. The Hall–Kier alpha value is -0.670. The van der Waals surface area contributed by atoms with E-state index >= 15 is 0 Å². The summed E-state index contributed by atoms with van der Waals surface area (Å²) in [5.74, 6) is -0.233. The van der Waals surface area contributed by atoms with Crippen molar-refractivity contribution in [2.75, 3.05) is 9.74 Å². The highest BCUT2D eigenvalue weighted by molar-refractivity contribution is 14.1. The summed E-state index contributed by atoms with van der Waals surface area (Å²) in [6.07, 6.45) is 0. The molecular weight excluding hydrogens is 333 g/mol. The number of hydrogen-bond acceptors (Lipinski definition) is 3. The summed E-state index contributed by atoms with van der Waals surface area (Å²) in [4.78, 5) is 10.8. The molecule has 0 saturated carbocycles. The highest BCUT2D eigenvalue weighted by Gasteiger charge is 2.10. The van der Waals surface area contributed by atoms with Crippen LogP contribution in [-0.4, -0.2) is 23.3 Å². The highest BCUT2D eigenvalue weighted by atomic mass is 127. The van der Waals surface area contributed by atoms with E-state index in [1.165, 1.54) is 18.2 Å². The van der Waals surface area contributed by atoms with Crippen molar-refractivity contribution in [2.45, 2.75) is 4.90 Å². The van der Waals surface area contributed by atoms with Gasteiger partial charge in [-0.2, -0.15) is 8.42 Å². The molecule has 15 heavy (non-hydrogen) atoms. The Bertz CT molecular complexity index is 471. The number of anilines is 1. The molecule has 0 spiro atoms. The van der Waals surface area contributed by atoms with E-state index in [0.717, 1.165) is 0 Å². The number of nitrogens with one attached hydrogen (secondary N) is 1. The number of alkyl halides is 1. The fraction of sp³-hybridized carbons (Fsp3) is 0.125. The fourth-order valence-electron chi connectivity index (χ4n) is 0.929. The van der Waals surface area contributed by atoms with Gasteiger partial charge >= 0.3 is 0 Å². The molecule has 0 aromatic heterocycles. The number of carbonyl (C=O) groups excluding carboxylic acids is 1. The van der Waals surface area contributed by atoms with Crippen LogP contribution in [0.3, 0.4) is 0 Å². The summed E-state index contributed by atoms with van der Waals surface area (Å²) >= 11 is 1.89. The van der Waals surface area contributed by atoms with Crippen molar-refractivity contribution in [1.82, 2.24) is 0 Å². The van der Waals surface area contributed by atoms with Crippen LogP contribution in [0.25, 0.3) is 0 Å². The van der Waals surface area contributed by atoms with Gasteiger partial charge in [-0.1, -0.05) is 28.7 Å². The van der Waals surface area contributed by atoms with Crippen molar-refractivity contribution in [1.29, 1.82) is 0 Å². The Morgan fingerprint density at radius 2 is 2.13 bits per heavy atom. The van der Waals surface area contributed by atoms with E-state index in [9.17, 15) is 13.2 Å². The normalized spacial score (nSPS) is 11.1. The first kappa shape index (κ1) is 12.4. The summed E-state index contributed by atoms with van der Waals surface area (Å²) in [5, 5.41) is 2.48. The molecule has 7 heteroatoms. The van der Waals surface area contributed by atoms with Crippen LogP contribution in [0.15, 0.2) is 29.2 Å². The molecular formula is C8H8INO4S. The van der Waals surface area contributed by atoms with Crippen LogP contribution in [-0.2, 0) is 14.9 Å². The average molecular weight is 341 g/mol. The number of hydrogen-bond donors (Lipinski definition) is 2. The standard InChI is InChI=1S/C8H8INO4S/c9-5-8(11)10-6-2-1-3-7(4-6)15(12,13)14/h1-4H,5H2,(H,10,11)(H,12,13,14). The molecule has 0 aliphatic heterocycles. The van der Waals surface area contributed by atoms with Crippen molar-refractivity contribution in [3.8, 4) is 0 Å². The van der Waals surface area contributed by atoms with Gasteiger partial charge in [-0.3, -0.25) is 9.35 Å². The second-order valence-corrected chi connectivity index (χ2v) is 4.87. The van der Waals surface area contributed by atoms with Crippen molar-refractivity contribution >= 4 is 44.3 Å². The molecule has 0 bridgehead atoms. The first-order valence-electron chi connectivity index (χ1n) is 3.87. The molecule has 1 aromatic carbocycles. The van der Waals surface area contributed by atoms with Gasteiger partial charge in [0.25, 0.3) is 10.1 Å². The molecule has 0 aliphatic carbocycles. The van der Waals surface area contributed by atoms with E-state index < -0.39 is 10.1 Å². The van der Waals surface area contributed by atoms with Gasteiger partial charge in [0.15, 0.2) is 0 Å². The predicted molar refractivity (Wildman–Crippen MR) is 63.8 cm³/mol. The van der Waals surface area contributed by atoms with E-state index in [1.54, 1.807) is 6.07 Å². The lowest BCUT2D eigenvalue weighted by molar-refractivity contribution is -0.113. The first-order valence-corrected chi connectivity index (χ1v) is 6.83. The van der Waals surface area contributed by atoms with E-state index in [1.807, 2.05) is 22.6 Å². The largest absolute Gasteiger partial charge is 0.325 e. The number of carbonyl (C=O) groups is 1. The smallest absolute Gasteiger partial charge is 0.294 e. The van der Waals surface area contributed by atoms with Crippen molar-refractivity contribution < 1.29 is 17.8 Å². The third-order valence-corrected chi connectivity index (χ3v) is 3.08. The van der Waals surface area contributed by atoms with Gasteiger partial charge in [-0.05, 0) is 18.2 Å². The summed E-state index contributed by atoms with van der Waals surface area (Å²) in [7, 11) is -4.22. The average Bonchev–Trinajstić information content (AvgIpc) is 2.17. The molecule has 0 unspecified atom stereocenters. The van der Waals surface area contributed by atoms with Gasteiger partial charge in [0.1, 0.15) is 0 Å². The Morgan fingerprint density at radius 3 is 2.67 bits per heavy atom. The Balaban J connectivity index is 2.99. The lowest BCUT2D eigenvalue weighted by Gasteiger charge is -2.04. The summed E-state index contributed by atoms with van der Waals surface area (Å²) in [5.41, 5.74) is 0.340. The van der Waals surface area contributed by atoms with Crippen molar-refractivity contribution in [3.63, 3.8) is 0 Å². The van der Waals surface area contributed by atoms with E-state index in [0.29, 0.717) is 5.69 Å². The molecule has 0 saturated heterocycles. The van der Waals surface area contributed by atoms with Crippen molar-refractivity contribution in [3.05, 3.63) is 24.3 Å². The zero-order valence-corrected chi connectivity index (χ0v) is 10.4. The van der Waals surface area contributed by atoms with Crippen LogP contribution in [0, 0.1) is 0 Å². The van der Waals surface area contributed by atoms with Crippen LogP contribution in [0.4, 0.5) is 5.69 Å². The quantitative estimate of drug-likeness (QED) is 0.493. The van der Waals surface area contributed by atoms with Crippen LogP contribution >= 0.6 is 22.6 Å². The minimum Gasteiger partial charge on any atom is -0.325 e. The van der Waals surface area contributed by atoms with Gasteiger partial charge in [-0.15, -0.1) is 0 Å². The molecule has 0 aliphatic rings. The number of benzene rings is 1. The molecule has 1 amide bonds. The number of amides is 1. The zero-order valence-electron chi connectivity index (χ0n) is 7.47. The monoisotopic (exact) mass is 341 g/mol. The predicted octanol–water partition coefficient (Wildman–Crippen LogP) is 1.31. The molecule has 5 nitrogen and oxygen atoms in total. The van der Waals surface area contributed by atoms with Gasteiger partial charge in [0.05, 0.1) is 9.32 Å². The van der Waals surface area contributed by atoms with Gasteiger partial charge in [0, 0.05) is 5.69 Å². The third-order valence-electron chi connectivity index (χ3n) is 1.54. The fourth-order valence-corrected chi connectivity index (χ4v) is 1.65. The molecule has 0 fully saturated rings. The Kier molecular flexibility index (Phi) is 4.05. The van der Waals surface area contributed by atoms with Crippen LogP contribution in [0.1, 0.15) is 0 Å². The summed E-state index contributed by atoms with van der Waals surface area (Å²) in [6, 6.07) is 5.42. The van der Waals surface area contributed by atoms with E-state index in [4.69, 9.17) is 4.55 Å². The van der Waals surface area contributed by atoms with Crippen LogP contribution < -0.4 is 5.32 Å².